The van der Waals surface area contributed by atoms with Gasteiger partial charge >= 0.3 is 0 Å². The van der Waals surface area contributed by atoms with Gasteiger partial charge in [0.25, 0.3) is 0 Å². The Balaban J connectivity index is 0.705. The first kappa shape index (κ1) is 54.3. The summed E-state index contributed by atoms with van der Waals surface area (Å²) in [6.07, 6.45) is 58.9. The van der Waals surface area contributed by atoms with Gasteiger partial charge in [0.2, 0.25) is 0 Å². The normalized spacial score (nSPS) is 53.0. The maximum absolute atomic E-state index is 7.10. The molecule has 6 aliphatic heterocycles. The van der Waals surface area contributed by atoms with Crippen LogP contribution in [0.1, 0.15) is 244 Å². The van der Waals surface area contributed by atoms with Crippen LogP contribution in [-0.2, 0) is 9.47 Å². The first-order valence-corrected chi connectivity index (χ1v) is 35.8. The summed E-state index contributed by atoms with van der Waals surface area (Å²) in [6, 6.07) is 5.72. The third-order valence-corrected chi connectivity index (χ3v) is 27.7. The summed E-state index contributed by atoms with van der Waals surface area (Å²) in [5, 5.41) is 16.4. The molecule has 18 atom stereocenters. The average molecular weight is 1080 g/mol. The van der Waals surface area contributed by atoms with E-state index in [9.17, 15) is 0 Å². The van der Waals surface area contributed by atoms with Crippen molar-refractivity contribution in [3.05, 3.63) is 0 Å². The van der Waals surface area contributed by atoms with E-state index in [1.165, 1.54) is 244 Å². The second-order valence-electron chi connectivity index (χ2n) is 31.2. The third kappa shape index (κ3) is 10.4. The Morgan fingerprint density at radius 3 is 1.05 bits per heavy atom. The number of hydrogen-bond donors (Lipinski definition) is 4. The van der Waals surface area contributed by atoms with Gasteiger partial charge in [0, 0.05) is 48.3 Å². The highest BCUT2D eigenvalue weighted by Crippen LogP contribution is 2.59. The summed E-state index contributed by atoms with van der Waals surface area (Å²) in [6.45, 7) is 2.39. The fourth-order valence-corrected chi connectivity index (χ4v) is 24.2. The SMILES string of the molecule is CN1C(C2CCC(C3CC(C4CCC(N5C6CCCCC6OC6CCCCC65)CC4)CC(C4CCC(N5C6CCCCC6OC6CCCCC65)CC4)C3C3CCC(C4NC5CCCNC5N4C)CC3)CC2)NC2CCCNC21. The zero-order valence-corrected chi connectivity index (χ0v) is 49.9. The Kier molecular flexibility index (Phi) is 16.6. The molecule has 0 radical (unpaired) electrons. The summed E-state index contributed by atoms with van der Waals surface area (Å²) < 4.78 is 14.2. The fraction of sp³-hybridized carbons (Fsp3) is 1.00. The molecule has 15 rings (SSSR count). The third-order valence-electron chi connectivity index (χ3n) is 27.7. The van der Waals surface area contributed by atoms with Crippen molar-refractivity contribution in [3.8, 4) is 0 Å². The summed E-state index contributed by atoms with van der Waals surface area (Å²) in [7, 11) is 4.92. The van der Waals surface area contributed by atoms with Crippen molar-refractivity contribution >= 4 is 0 Å². The van der Waals surface area contributed by atoms with Gasteiger partial charge in [-0.1, -0.05) is 51.4 Å². The zero-order valence-electron chi connectivity index (χ0n) is 49.9. The molecular formula is C68H116N8O2. The minimum atomic E-state index is 0.516. The van der Waals surface area contributed by atoms with Crippen molar-refractivity contribution in [3.63, 3.8) is 0 Å². The number of piperidine rings is 2. The van der Waals surface area contributed by atoms with Gasteiger partial charge in [-0.15, -0.1) is 0 Å². The number of rotatable bonds is 8. The lowest BCUT2D eigenvalue weighted by atomic mass is 9.50. The van der Waals surface area contributed by atoms with E-state index in [0.29, 0.717) is 85.3 Å². The molecule has 0 spiro atoms. The number of ether oxygens (including phenoxy) is 2. The Morgan fingerprint density at radius 2 is 0.654 bits per heavy atom. The molecule has 78 heavy (non-hydrogen) atoms. The van der Waals surface area contributed by atoms with Crippen LogP contribution in [0.2, 0.25) is 0 Å². The van der Waals surface area contributed by atoms with E-state index in [0.717, 1.165) is 71.3 Å². The Bertz CT molecular complexity index is 1900. The van der Waals surface area contributed by atoms with Crippen LogP contribution in [0, 0.1) is 59.2 Å². The Labute approximate surface area is 476 Å². The van der Waals surface area contributed by atoms with Crippen LogP contribution in [0.4, 0.5) is 0 Å². The summed E-state index contributed by atoms with van der Waals surface area (Å²) in [5.74, 6) is 9.18. The lowest BCUT2D eigenvalue weighted by Gasteiger charge is -2.58. The van der Waals surface area contributed by atoms with E-state index in [1.54, 1.807) is 12.8 Å². The minimum Gasteiger partial charge on any atom is -0.372 e. The quantitative estimate of drug-likeness (QED) is 0.189. The number of morpholine rings is 2. The molecule has 10 heteroatoms. The molecule has 4 N–H and O–H groups in total. The maximum Gasteiger partial charge on any atom is 0.0765 e. The van der Waals surface area contributed by atoms with Crippen LogP contribution in [0.5, 0.6) is 0 Å². The second-order valence-corrected chi connectivity index (χ2v) is 31.2. The van der Waals surface area contributed by atoms with E-state index in [1.807, 2.05) is 0 Å². The zero-order chi connectivity index (χ0) is 51.8. The first-order chi connectivity index (χ1) is 38.5. The molecular weight excluding hydrogens is 961 g/mol. The first-order valence-electron chi connectivity index (χ1n) is 35.8. The predicted octanol–water partition coefficient (Wildman–Crippen LogP) is 11.8. The average Bonchev–Trinajstić information content (AvgIpc) is 4.11. The van der Waals surface area contributed by atoms with E-state index in [-0.39, 0.29) is 0 Å². The monoisotopic (exact) mass is 1080 g/mol. The number of hydrogen-bond acceptors (Lipinski definition) is 10. The van der Waals surface area contributed by atoms with Crippen molar-refractivity contribution < 1.29 is 9.47 Å². The van der Waals surface area contributed by atoms with Gasteiger partial charge in [0.05, 0.1) is 49.1 Å². The van der Waals surface area contributed by atoms with Crippen molar-refractivity contribution in [2.45, 2.75) is 341 Å². The molecule has 10 nitrogen and oxygen atoms in total. The van der Waals surface area contributed by atoms with Crippen molar-refractivity contribution in [1.29, 1.82) is 0 Å². The molecule has 15 fully saturated rings. The maximum atomic E-state index is 7.10. The van der Waals surface area contributed by atoms with E-state index < -0.39 is 0 Å². The van der Waals surface area contributed by atoms with Crippen LogP contribution in [-0.4, -0.2) is 144 Å². The highest BCUT2D eigenvalue weighted by Gasteiger charge is 2.55. The van der Waals surface area contributed by atoms with E-state index >= 15 is 0 Å². The summed E-state index contributed by atoms with van der Waals surface area (Å²) >= 11 is 0. The van der Waals surface area contributed by atoms with Gasteiger partial charge in [0.1, 0.15) is 0 Å². The second kappa shape index (κ2) is 23.8. The number of nitrogens with one attached hydrogen (secondary N) is 4. The van der Waals surface area contributed by atoms with Crippen LogP contribution < -0.4 is 21.3 Å². The lowest BCUT2D eigenvalue weighted by molar-refractivity contribution is -0.191. The number of likely N-dealkylation sites (N-methyl/N-ethyl adjacent to an activating group) is 2. The molecule has 0 aromatic heterocycles. The van der Waals surface area contributed by atoms with Gasteiger partial charge in [-0.2, -0.15) is 0 Å². The number of fused-ring (bicyclic) bond motifs is 6. The Morgan fingerprint density at radius 1 is 0.308 bits per heavy atom. The van der Waals surface area contributed by atoms with E-state index in [4.69, 9.17) is 9.47 Å². The molecule has 6 heterocycles. The predicted molar refractivity (Wildman–Crippen MR) is 315 cm³/mol. The van der Waals surface area contributed by atoms with Gasteiger partial charge in [-0.05, 0) is 279 Å². The number of nitrogens with zero attached hydrogens (tertiary/aromatic N) is 4. The summed E-state index contributed by atoms with van der Waals surface area (Å²) in [4.78, 5) is 12.0. The molecule has 0 aromatic rings. The van der Waals surface area contributed by atoms with Crippen LogP contribution in [0.25, 0.3) is 0 Å². The topological polar surface area (TPSA) is 79.5 Å². The molecule has 9 aliphatic carbocycles. The lowest BCUT2D eigenvalue weighted by Crippen LogP contribution is -2.65. The van der Waals surface area contributed by atoms with Crippen LogP contribution >= 0.6 is 0 Å². The molecule has 0 aromatic carbocycles. The van der Waals surface area contributed by atoms with Crippen molar-refractivity contribution in [1.82, 2.24) is 40.9 Å². The van der Waals surface area contributed by atoms with Crippen molar-refractivity contribution in [2.75, 3.05) is 27.2 Å². The molecule has 6 saturated heterocycles. The largest absolute Gasteiger partial charge is 0.372 e. The van der Waals surface area contributed by atoms with Gasteiger partial charge < -0.3 is 20.1 Å². The molecule has 440 valence electrons. The minimum absolute atomic E-state index is 0.516. The highest BCUT2D eigenvalue weighted by molar-refractivity contribution is 5.08. The molecule has 18 unspecified atom stereocenters. The van der Waals surface area contributed by atoms with Gasteiger partial charge in [0.15, 0.2) is 0 Å². The van der Waals surface area contributed by atoms with Crippen molar-refractivity contribution in [2.24, 2.45) is 59.2 Å². The molecule has 9 saturated carbocycles. The molecule has 15 aliphatic rings. The van der Waals surface area contributed by atoms with Crippen LogP contribution in [0.15, 0.2) is 0 Å². The Hall–Kier alpha value is -0.400. The smallest absolute Gasteiger partial charge is 0.0765 e. The van der Waals surface area contributed by atoms with E-state index in [2.05, 4.69) is 55.0 Å². The highest BCUT2D eigenvalue weighted by atomic mass is 16.5. The van der Waals surface area contributed by atoms with Gasteiger partial charge in [-0.25, -0.2) is 0 Å². The summed E-state index contributed by atoms with van der Waals surface area (Å²) in [5.41, 5.74) is 0. The fourth-order valence-electron chi connectivity index (χ4n) is 24.2. The molecule has 0 amide bonds. The van der Waals surface area contributed by atoms with Crippen LogP contribution in [0.3, 0.4) is 0 Å². The van der Waals surface area contributed by atoms with Gasteiger partial charge in [-0.3, -0.25) is 30.2 Å². The standard InChI is InChI=1S/C68H116N8O2/c1-73-65(71-54-13-11-39-69-67(54)73)47-27-23-44(24-28-47)52-41-49(43-31-35-50(36-32-43)75-56-15-3-7-19-60(56)77-61-20-8-4-16-57(61)75)42-53(64(52)46-25-29-48(30-26-46)66-72-55-14-12-40-70-68(55)74(66)2)45-33-37-51(38-34-45)76-58-17-5-9-21-62(58)78-63-22-10-6-18-59(63)76/h43-72H,3-42H2,1-2H3. The molecule has 0 bridgehead atoms.